The maximum Gasteiger partial charge on any atom is 0.435 e. The van der Waals surface area contributed by atoms with E-state index in [4.69, 9.17) is 4.42 Å². The molecule has 0 saturated heterocycles. The normalized spacial score (nSPS) is 12.4. The quantitative estimate of drug-likeness (QED) is 0.775. The van der Waals surface area contributed by atoms with Crippen LogP contribution < -0.4 is 0 Å². The molecular weight excluding hydrogens is 344 g/mol. The Kier molecular flexibility index (Phi) is 4.90. The van der Waals surface area contributed by atoms with Crippen LogP contribution in [0.5, 0.6) is 0 Å². The number of carbonyl (C=O) groups is 1. The summed E-state index contributed by atoms with van der Waals surface area (Å²) in [5, 5.41) is 3.14. The van der Waals surface area contributed by atoms with E-state index in [-0.39, 0.29) is 5.76 Å². The minimum atomic E-state index is -4.70. The molecule has 0 aliphatic rings. The van der Waals surface area contributed by atoms with E-state index in [9.17, 15) is 31.1 Å². The first kappa shape index (κ1) is 17.9. The molecule has 0 N–H and O–H groups in total. The molecule has 0 unspecified atom stereocenters. The molecule has 0 fully saturated rings. The molecule has 2 heterocycles. The molecule has 24 heavy (non-hydrogen) atoms. The van der Waals surface area contributed by atoms with Gasteiger partial charge >= 0.3 is 12.4 Å². The maximum absolute atomic E-state index is 12.6. The smallest absolute Gasteiger partial charge is 0.435 e. The van der Waals surface area contributed by atoms with Crippen molar-refractivity contribution in [3.05, 3.63) is 42.1 Å². The summed E-state index contributed by atoms with van der Waals surface area (Å²) in [6.07, 6.45) is -7.26. The summed E-state index contributed by atoms with van der Waals surface area (Å²) in [6.45, 7) is -2.77. The van der Waals surface area contributed by atoms with Crippen molar-refractivity contribution in [2.75, 3.05) is 6.54 Å². The molecule has 2 aromatic rings. The highest BCUT2D eigenvalue weighted by molar-refractivity contribution is 5.75. The predicted molar refractivity (Wildman–Crippen MR) is 67.4 cm³/mol. The molecule has 0 aliphatic carbocycles. The first-order chi connectivity index (χ1) is 11.0. The summed E-state index contributed by atoms with van der Waals surface area (Å²) < 4.78 is 80.6. The number of hydrogen-bond acceptors (Lipinski definition) is 3. The molecule has 0 atom stereocenters. The van der Waals surface area contributed by atoms with Gasteiger partial charge in [-0.3, -0.25) is 9.48 Å². The van der Waals surface area contributed by atoms with E-state index in [1.54, 1.807) is 0 Å². The van der Waals surface area contributed by atoms with Crippen LogP contribution in [0.2, 0.25) is 0 Å². The molecule has 0 aliphatic heterocycles. The van der Waals surface area contributed by atoms with Crippen LogP contribution in [0, 0.1) is 0 Å². The van der Waals surface area contributed by atoms with Crippen molar-refractivity contribution in [3.63, 3.8) is 0 Å². The van der Waals surface area contributed by atoms with Gasteiger partial charge in [0.15, 0.2) is 5.69 Å². The zero-order valence-electron chi connectivity index (χ0n) is 11.9. The molecule has 0 aromatic carbocycles. The first-order valence-corrected chi connectivity index (χ1v) is 6.52. The van der Waals surface area contributed by atoms with E-state index in [2.05, 4.69) is 5.10 Å². The third kappa shape index (κ3) is 5.03. The fourth-order valence-corrected chi connectivity index (χ4v) is 1.88. The van der Waals surface area contributed by atoms with Gasteiger partial charge in [-0.25, -0.2) is 0 Å². The van der Waals surface area contributed by atoms with Crippen LogP contribution >= 0.6 is 0 Å². The number of aromatic nitrogens is 2. The number of nitrogens with zero attached hydrogens (tertiary/aromatic N) is 3. The molecule has 5 nitrogen and oxygen atoms in total. The fourth-order valence-electron chi connectivity index (χ4n) is 1.88. The summed E-state index contributed by atoms with van der Waals surface area (Å²) >= 11 is 0. The van der Waals surface area contributed by atoms with Crippen LogP contribution in [0.4, 0.5) is 26.3 Å². The third-order valence-corrected chi connectivity index (χ3v) is 2.88. The number of halogens is 6. The molecule has 0 radical (unpaired) electrons. The van der Waals surface area contributed by atoms with Crippen LogP contribution in [-0.2, 0) is 24.1 Å². The summed E-state index contributed by atoms with van der Waals surface area (Å²) in [5.74, 6) is -0.926. The van der Waals surface area contributed by atoms with Crippen molar-refractivity contribution in [1.29, 1.82) is 0 Å². The van der Waals surface area contributed by atoms with E-state index in [1.807, 2.05) is 0 Å². The molecule has 132 valence electrons. The molecule has 0 saturated carbocycles. The lowest BCUT2D eigenvalue weighted by atomic mass is 10.3. The van der Waals surface area contributed by atoms with Gasteiger partial charge in [0.25, 0.3) is 0 Å². The Labute approximate surface area is 131 Å². The van der Waals surface area contributed by atoms with Gasteiger partial charge in [-0.15, -0.1) is 0 Å². The number of furan rings is 1. The molecular formula is C13H11F6N3O2. The number of hydrogen-bond donors (Lipinski definition) is 0. The second-order valence-corrected chi connectivity index (χ2v) is 4.84. The van der Waals surface area contributed by atoms with Crippen molar-refractivity contribution in [2.45, 2.75) is 25.4 Å². The SMILES string of the molecule is O=C(Cn1ccc(C(F)(F)F)n1)N(Cc1ccco1)CC(F)(F)F. The van der Waals surface area contributed by atoms with Gasteiger partial charge < -0.3 is 9.32 Å². The second-order valence-electron chi connectivity index (χ2n) is 4.84. The number of rotatable bonds is 5. The third-order valence-electron chi connectivity index (χ3n) is 2.88. The lowest BCUT2D eigenvalue weighted by Crippen LogP contribution is -2.40. The molecule has 0 spiro atoms. The molecule has 11 heteroatoms. The Morgan fingerprint density at radius 1 is 1.21 bits per heavy atom. The van der Waals surface area contributed by atoms with Gasteiger partial charge in [-0.2, -0.15) is 31.4 Å². The summed E-state index contributed by atoms with van der Waals surface area (Å²) in [6, 6.07) is 3.45. The van der Waals surface area contributed by atoms with Crippen molar-refractivity contribution in [1.82, 2.24) is 14.7 Å². The standard InChI is InChI=1S/C13H11F6N3O2/c14-12(15,16)8-21(6-9-2-1-5-24-9)11(23)7-22-4-3-10(20-22)13(17,18)19/h1-5H,6-8H2. The lowest BCUT2D eigenvalue weighted by molar-refractivity contribution is -0.163. The number of alkyl halides is 6. The van der Waals surface area contributed by atoms with E-state index in [0.29, 0.717) is 15.6 Å². The molecule has 2 aromatic heterocycles. The van der Waals surface area contributed by atoms with Gasteiger partial charge in [0.1, 0.15) is 18.8 Å². The Morgan fingerprint density at radius 3 is 2.42 bits per heavy atom. The first-order valence-electron chi connectivity index (χ1n) is 6.52. The predicted octanol–water partition coefficient (Wildman–Crippen LogP) is 3.09. The Balaban J connectivity index is 2.10. The highest BCUT2D eigenvalue weighted by Crippen LogP contribution is 2.27. The van der Waals surface area contributed by atoms with Crippen LogP contribution in [0.1, 0.15) is 11.5 Å². The Morgan fingerprint density at radius 2 is 1.92 bits per heavy atom. The van der Waals surface area contributed by atoms with Crippen LogP contribution in [0.25, 0.3) is 0 Å². The Bertz CT molecular complexity index is 675. The lowest BCUT2D eigenvalue weighted by Gasteiger charge is -2.23. The zero-order chi connectivity index (χ0) is 18.0. The van der Waals surface area contributed by atoms with Gasteiger partial charge in [-0.05, 0) is 18.2 Å². The number of amides is 1. The average molecular weight is 355 g/mol. The van der Waals surface area contributed by atoms with Crippen LogP contribution in [0.3, 0.4) is 0 Å². The highest BCUT2D eigenvalue weighted by atomic mass is 19.4. The molecule has 0 bridgehead atoms. The summed E-state index contributed by atoms with van der Waals surface area (Å²) in [4.78, 5) is 12.5. The largest absolute Gasteiger partial charge is 0.467 e. The summed E-state index contributed by atoms with van der Waals surface area (Å²) in [7, 11) is 0. The van der Waals surface area contributed by atoms with Gasteiger partial charge in [0, 0.05) is 6.20 Å². The van der Waals surface area contributed by atoms with Crippen molar-refractivity contribution in [3.8, 4) is 0 Å². The van der Waals surface area contributed by atoms with Crippen LogP contribution in [0.15, 0.2) is 35.1 Å². The molecule has 1 amide bonds. The van der Waals surface area contributed by atoms with E-state index in [0.717, 1.165) is 6.20 Å². The highest BCUT2D eigenvalue weighted by Gasteiger charge is 2.35. The van der Waals surface area contributed by atoms with Crippen LogP contribution in [-0.4, -0.2) is 33.3 Å². The second kappa shape index (κ2) is 6.57. The monoisotopic (exact) mass is 355 g/mol. The minimum absolute atomic E-state index is 0.115. The fraction of sp³-hybridized carbons (Fsp3) is 0.385. The van der Waals surface area contributed by atoms with Crippen molar-refractivity contribution < 1.29 is 35.6 Å². The van der Waals surface area contributed by atoms with Gasteiger partial charge in [0.2, 0.25) is 5.91 Å². The van der Waals surface area contributed by atoms with Gasteiger partial charge in [-0.1, -0.05) is 0 Å². The topological polar surface area (TPSA) is 51.3 Å². The number of carbonyl (C=O) groups excluding carboxylic acids is 1. The minimum Gasteiger partial charge on any atom is -0.467 e. The summed E-state index contributed by atoms with van der Waals surface area (Å²) in [5.41, 5.74) is -1.23. The average Bonchev–Trinajstić information content (AvgIpc) is 3.06. The van der Waals surface area contributed by atoms with Gasteiger partial charge in [0.05, 0.1) is 12.8 Å². The van der Waals surface area contributed by atoms with E-state index >= 15 is 0 Å². The van der Waals surface area contributed by atoms with E-state index < -0.39 is 43.6 Å². The Hall–Kier alpha value is -2.46. The van der Waals surface area contributed by atoms with Crippen molar-refractivity contribution >= 4 is 5.91 Å². The maximum atomic E-state index is 12.6. The van der Waals surface area contributed by atoms with E-state index in [1.165, 1.54) is 18.4 Å². The van der Waals surface area contributed by atoms with Crippen molar-refractivity contribution in [2.24, 2.45) is 0 Å². The zero-order valence-corrected chi connectivity index (χ0v) is 11.9. The molecule has 2 rings (SSSR count).